The predicted molar refractivity (Wildman–Crippen MR) is 72.3 cm³/mol. The van der Waals surface area contributed by atoms with Gasteiger partial charge in [0.05, 0.1) is 0 Å². The summed E-state index contributed by atoms with van der Waals surface area (Å²) in [6.45, 7) is 2.70. The van der Waals surface area contributed by atoms with Gasteiger partial charge in [-0.15, -0.1) is 0 Å². The fourth-order valence-corrected chi connectivity index (χ4v) is 2.18. The maximum absolute atomic E-state index is 13.7. The molecule has 0 spiro atoms. The second-order valence-electron chi connectivity index (χ2n) is 4.59. The predicted octanol–water partition coefficient (Wildman–Crippen LogP) is 1.95. The normalized spacial score (nSPS) is 12.6. The number of hydrogen-bond donors (Lipinski definition) is 1. The molecule has 0 saturated heterocycles. The Bertz CT molecular complexity index is 548. The number of rotatable bonds is 6. The van der Waals surface area contributed by atoms with E-state index in [-0.39, 0.29) is 18.0 Å². The number of likely N-dealkylation sites (N-methyl/N-ethyl adjacent to an activating group) is 1. The van der Waals surface area contributed by atoms with Crippen LogP contribution >= 0.6 is 0 Å². The van der Waals surface area contributed by atoms with Crippen molar-refractivity contribution in [3.05, 3.63) is 47.5 Å². The van der Waals surface area contributed by atoms with Crippen LogP contribution in [0.1, 0.15) is 18.3 Å². The van der Waals surface area contributed by atoms with E-state index in [4.69, 9.17) is 0 Å². The number of nitrogens with one attached hydrogen (secondary N) is 1. The Morgan fingerprint density at radius 2 is 1.95 bits per heavy atom. The van der Waals surface area contributed by atoms with Crippen LogP contribution in [0.4, 0.5) is 8.78 Å². The number of benzene rings is 1. The summed E-state index contributed by atoms with van der Waals surface area (Å²) in [5.41, 5.74) is 0.106. The highest BCUT2D eigenvalue weighted by Gasteiger charge is 2.17. The van der Waals surface area contributed by atoms with Crippen molar-refractivity contribution in [1.29, 1.82) is 0 Å². The van der Waals surface area contributed by atoms with Gasteiger partial charge in [0.2, 0.25) is 0 Å². The van der Waals surface area contributed by atoms with Gasteiger partial charge in [-0.05, 0) is 32.5 Å². The van der Waals surface area contributed by atoms with E-state index >= 15 is 0 Å². The molecule has 6 heteroatoms. The summed E-state index contributed by atoms with van der Waals surface area (Å²) < 4.78 is 29.1. The zero-order valence-electron chi connectivity index (χ0n) is 11.6. The van der Waals surface area contributed by atoms with Gasteiger partial charge in [-0.1, -0.05) is 6.07 Å². The van der Waals surface area contributed by atoms with Gasteiger partial charge < -0.3 is 5.32 Å². The van der Waals surface area contributed by atoms with Gasteiger partial charge in [-0.3, -0.25) is 4.68 Å². The Kier molecular flexibility index (Phi) is 4.79. The van der Waals surface area contributed by atoms with Crippen LogP contribution in [0, 0.1) is 11.6 Å². The summed E-state index contributed by atoms with van der Waals surface area (Å²) in [7, 11) is 1.77. The SMILES string of the molecule is CCn1ncnc1CC(Cc1c(F)cccc1F)NC. The molecular formula is C14H18F2N4. The standard InChI is InChI=1S/C14H18F2N4/c1-3-20-14(18-9-19-20)8-10(17-2)7-11-12(15)5-4-6-13(11)16/h4-6,9-10,17H,3,7-8H2,1-2H3. The lowest BCUT2D eigenvalue weighted by atomic mass is 10.0. The maximum atomic E-state index is 13.7. The topological polar surface area (TPSA) is 42.7 Å². The minimum absolute atomic E-state index is 0.101. The molecule has 0 aliphatic rings. The average molecular weight is 280 g/mol. The lowest BCUT2D eigenvalue weighted by Crippen LogP contribution is -2.32. The van der Waals surface area contributed by atoms with Crippen molar-refractivity contribution in [3.63, 3.8) is 0 Å². The van der Waals surface area contributed by atoms with Gasteiger partial charge in [0.15, 0.2) is 0 Å². The fourth-order valence-electron chi connectivity index (χ4n) is 2.18. The van der Waals surface area contributed by atoms with Crippen LogP contribution in [0.3, 0.4) is 0 Å². The molecule has 2 rings (SSSR count). The van der Waals surface area contributed by atoms with E-state index in [1.165, 1.54) is 24.5 Å². The quantitative estimate of drug-likeness (QED) is 0.879. The molecule has 1 atom stereocenters. The lowest BCUT2D eigenvalue weighted by molar-refractivity contribution is 0.483. The zero-order valence-corrected chi connectivity index (χ0v) is 11.6. The summed E-state index contributed by atoms with van der Waals surface area (Å²) in [5.74, 6) is -0.215. The lowest BCUT2D eigenvalue weighted by Gasteiger charge is -2.17. The number of halogens is 2. The molecule has 4 nitrogen and oxygen atoms in total. The molecule has 0 fully saturated rings. The molecule has 20 heavy (non-hydrogen) atoms. The largest absolute Gasteiger partial charge is 0.316 e. The van der Waals surface area contributed by atoms with Crippen LogP contribution in [0.2, 0.25) is 0 Å². The van der Waals surface area contributed by atoms with Crippen molar-refractivity contribution >= 4 is 0 Å². The second-order valence-corrected chi connectivity index (χ2v) is 4.59. The molecule has 0 radical (unpaired) electrons. The fraction of sp³-hybridized carbons (Fsp3) is 0.429. The Hall–Kier alpha value is -1.82. The number of hydrogen-bond acceptors (Lipinski definition) is 3. The Morgan fingerprint density at radius 1 is 1.25 bits per heavy atom. The summed E-state index contributed by atoms with van der Waals surface area (Å²) in [4.78, 5) is 4.19. The molecule has 1 unspecified atom stereocenters. The van der Waals surface area contributed by atoms with Crippen molar-refractivity contribution < 1.29 is 8.78 Å². The van der Waals surface area contributed by atoms with Crippen molar-refractivity contribution in [2.45, 2.75) is 32.4 Å². The molecule has 1 aromatic heterocycles. The van der Waals surface area contributed by atoms with Crippen molar-refractivity contribution in [2.75, 3.05) is 7.05 Å². The minimum Gasteiger partial charge on any atom is -0.316 e. The molecule has 0 saturated carbocycles. The Morgan fingerprint density at radius 3 is 2.55 bits per heavy atom. The van der Waals surface area contributed by atoms with E-state index in [0.29, 0.717) is 6.42 Å². The van der Waals surface area contributed by atoms with E-state index in [2.05, 4.69) is 15.4 Å². The van der Waals surface area contributed by atoms with E-state index in [0.717, 1.165) is 12.4 Å². The van der Waals surface area contributed by atoms with Gasteiger partial charge in [0.1, 0.15) is 23.8 Å². The first-order chi connectivity index (χ1) is 9.65. The third kappa shape index (κ3) is 3.19. The van der Waals surface area contributed by atoms with Crippen molar-refractivity contribution in [2.24, 2.45) is 0 Å². The first-order valence-corrected chi connectivity index (χ1v) is 6.62. The molecule has 1 aromatic carbocycles. The molecule has 0 aliphatic carbocycles. The molecule has 1 heterocycles. The molecule has 1 N–H and O–H groups in total. The van der Waals surface area contributed by atoms with Crippen molar-refractivity contribution in [1.82, 2.24) is 20.1 Å². The van der Waals surface area contributed by atoms with Gasteiger partial charge in [-0.25, -0.2) is 13.8 Å². The third-order valence-corrected chi connectivity index (χ3v) is 3.34. The number of nitrogens with zero attached hydrogens (tertiary/aromatic N) is 3. The van der Waals surface area contributed by atoms with Gasteiger partial charge in [0.25, 0.3) is 0 Å². The highest BCUT2D eigenvalue weighted by atomic mass is 19.1. The Labute approximate surface area is 116 Å². The zero-order chi connectivity index (χ0) is 14.5. The second kappa shape index (κ2) is 6.56. The van der Waals surface area contributed by atoms with Crippen molar-refractivity contribution in [3.8, 4) is 0 Å². The highest BCUT2D eigenvalue weighted by Crippen LogP contribution is 2.15. The molecule has 0 bridgehead atoms. The van der Waals surface area contributed by atoms with Gasteiger partial charge in [0, 0.05) is 24.6 Å². The summed E-state index contributed by atoms with van der Waals surface area (Å²) >= 11 is 0. The summed E-state index contributed by atoms with van der Waals surface area (Å²) in [5, 5.41) is 7.17. The molecular weight excluding hydrogens is 262 g/mol. The van der Waals surface area contributed by atoms with E-state index < -0.39 is 11.6 Å². The van der Waals surface area contributed by atoms with Crippen LogP contribution in [0.25, 0.3) is 0 Å². The van der Waals surface area contributed by atoms with Crippen LogP contribution in [-0.4, -0.2) is 27.9 Å². The van der Waals surface area contributed by atoms with Gasteiger partial charge >= 0.3 is 0 Å². The smallest absolute Gasteiger partial charge is 0.138 e. The van der Waals surface area contributed by atoms with Crippen LogP contribution in [0.15, 0.2) is 24.5 Å². The highest BCUT2D eigenvalue weighted by molar-refractivity contribution is 5.21. The average Bonchev–Trinajstić information content (AvgIpc) is 2.88. The van der Waals surface area contributed by atoms with Crippen LogP contribution in [0.5, 0.6) is 0 Å². The van der Waals surface area contributed by atoms with Crippen LogP contribution in [-0.2, 0) is 19.4 Å². The molecule has 2 aromatic rings. The van der Waals surface area contributed by atoms with E-state index in [1.54, 1.807) is 11.7 Å². The first-order valence-electron chi connectivity index (χ1n) is 6.62. The minimum atomic E-state index is -0.512. The number of aromatic nitrogens is 3. The number of aryl methyl sites for hydroxylation is 1. The van der Waals surface area contributed by atoms with E-state index in [1.807, 2.05) is 6.92 Å². The Balaban J connectivity index is 2.13. The van der Waals surface area contributed by atoms with Crippen LogP contribution < -0.4 is 5.32 Å². The first kappa shape index (κ1) is 14.6. The summed E-state index contributed by atoms with van der Waals surface area (Å²) in [6.07, 6.45) is 2.33. The monoisotopic (exact) mass is 280 g/mol. The van der Waals surface area contributed by atoms with Gasteiger partial charge in [-0.2, -0.15) is 5.10 Å². The maximum Gasteiger partial charge on any atom is 0.138 e. The van der Waals surface area contributed by atoms with E-state index in [9.17, 15) is 8.78 Å². The molecule has 0 aliphatic heterocycles. The third-order valence-electron chi connectivity index (χ3n) is 3.34. The molecule has 0 amide bonds. The molecule has 108 valence electrons. The summed E-state index contributed by atoms with van der Waals surface area (Å²) in [6, 6.07) is 3.83.